The van der Waals surface area contributed by atoms with Gasteiger partial charge in [0.05, 0.1) is 21.8 Å². The number of hydrogen-bond donors (Lipinski definition) is 4. The second-order valence-electron chi connectivity index (χ2n) is 8.03. The fourth-order valence-electron chi connectivity index (χ4n) is 4.31. The summed E-state index contributed by atoms with van der Waals surface area (Å²) in [5.74, 6) is 0.522. The largest absolute Gasteiger partial charge is 0.493 e. The summed E-state index contributed by atoms with van der Waals surface area (Å²) < 4.78 is 6.19. The Labute approximate surface area is 207 Å². The van der Waals surface area contributed by atoms with Crippen LogP contribution >= 0.6 is 27.5 Å². The van der Waals surface area contributed by atoms with E-state index in [0.717, 1.165) is 19.3 Å². The van der Waals surface area contributed by atoms with Crippen LogP contribution in [0, 0.1) is 11.3 Å². The maximum atomic E-state index is 12.4. The Morgan fingerprint density at radius 1 is 1.36 bits per heavy atom. The maximum absolute atomic E-state index is 12.4. The number of primary amides is 1. The van der Waals surface area contributed by atoms with Crippen molar-refractivity contribution in [3.05, 3.63) is 51.2 Å². The maximum Gasteiger partial charge on any atom is 0.254 e. The van der Waals surface area contributed by atoms with Crippen LogP contribution in [0.2, 0.25) is 5.02 Å². The quantitative estimate of drug-likeness (QED) is 0.314. The molecule has 178 valence electrons. The molecule has 1 unspecified atom stereocenters. The minimum atomic E-state index is -0.709. The van der Waals surface area contributed by atoms with Gasteiger partial charge in [0.2, 0.25) is 5.91 Å². The van der Waals surface area contributed by atoms with Crippen LogP contribution in [-0.2, 0) is 9.59 Å². The number of likely N-dealkylation sites (tertiary alicyclic amines) is 1. The van der Waals surface area contributed by atoms with Crippen LogP contribution in [0.1, 0.15) is 31.7 Å². The van der Waals surface area contributed by atoms with Crippen LogP contribution in [0.25, 0.3) is 0 Å². The van der Waals surface area contributed by atoms with Gasteiger partial charge in [-0.25, -0.2) is 0 Å². The molecule has 0 bridgehead atoms. The number of nitrogens with two attached hydrogens (primary N) is 1. The highest BCUT2D eigenvalue weighted by Crippen LogP contribution is 2.35. The Morgan fingerprint density at radius 2 is 2.06 bits per heavy atom. The minimum Gasteiger partial charge on any atom is -0.493 e. The summed E-state index contributed by atoms with van der Waals surface area (Å²) in [5, 5.41) is 15.7. The highest BCUT2D eigenvalue weighted by molar-refractivity contribution is 9.10. The first-order chi connectivity index (χ1) is 15.8. The summed E-state index contributed by atoms with van der Waals surface area (Å²) in [7, 11) is 0. The summed E-state index contributed by atoms with van der Waals surface area (Å²) in [6.45, 7) is 7.84. The molecule has 1 atom stereocenters. The van der Waals surface area contributed by atoms with Gasteiger partial charge in [0.15, 0.2) is 0 Å². The number of rotatable bonds is 7. The Balaban J connectivity index is 1.83. The van der Waals surface area contributed by atoms with E-state index in [9.17, 15) is 9.59 Å². The molecule has 0 saturated carbocycles. The van der Waals surface area contributed by atoms with E-state index in [-0.39, 0.29) is 23.2 Å². The molecule has 2 aliphatic heterocycles. The summed E-state index contributed by atoms with van der Waals surface area (Å²) in [5.41, 5.74) is 6.17. The van der Waals surface area contributed by atoms with Crippen molar-refractivity contribution >= 4 is 45.1 Å². The highest BCUT2D eigenvalue weighted by Gasteiger charge is 2.32. The number of carbonyl (C=O) groups excluding carboxylic acids is 2. The normalized spacial score (nSPS) is 20.3. The predicted octanol–water partition coefficient (Wildman–Crippen LogP) is 2.94. The van der Waals surface area contributed by atoms with Gasteiger partial charge < -0.3 is 26.0 Å². The molecule has 1 aromatic carbocycles. The smallest absolute Gasteiger partial charge is 0.254 e. The van der Waals surface area contributed by atoms with Gasteiger partial charge in [0.25, 0.3) is 5.91 Å². The van der Waals surface area contributed by atoms with Crippen LogP contribution < -0.4 is 21.1 Å². The van der Waals surface area contributed by atoms with E-state index in [1.807, 2.05) is 6.92 Å². The van der Waals surface area contributed by atoms with Crippen molar-refractivity contribution in [2.24, 2.45) is 11.7 Å². The molecule has 3 rings (SSSR count). The molecule has 2 saturated heterocycles. The zero-order valence-electron chi connectivity index (χ0n) is 18.5. The van der Waals surface area contributed by atoms with Crippen LogP contribution in [0.5, 0.6) is 5.75 Å². The summed E-state index contributed by atoms with van der Waals surface area (Å²) in [6, 6.07) is 3.38. The van der Waals surface area contributed by atoms with E-state index in [0.29, 0.717) is 58.8 Å². The molecule has 0 radical (unpaired) electrons. The van der Waals surface area contributed by atoms with Gasteiger partial charge in [0, 0.05) is 31.2 Å². The van der Waals surface area contributed by atoms with E-state index in [4.69, 9.17) is 27.5 Å². The Morgan fingerprint density at radius 3 is 2.67 bits per heavy atom. The van der Waals surface area contributed by atoms with Crippen LogP contribution in [0.15, 0.2) is 40.7 Å². The lowest BCUT2D eigenvalue weighted by Crippen LogP contribution is -2.51. The Bertz CT molecular complexity index is 989. The average Bonchev–Trinajstić information content (AvgIpc) is 2.81. The second kappa shape index (κ2) is 11.1. The van der Waals surface area contributed by atoms with Gasteiger partial charge in [-0.3, -0.25) is 15.0 Å². The molecule has 0 spiro atoms. The minimum absolute atomic E-state index is 0.0418. The SMILES string of the molecule is C=CC(=O)N1CCC(C2CCN/C(=C(/C(=N)c3cc(Cl)c(Br)c(OCC)c3)C(N)=O)N2)CC1. The molecule has 10 heteroatoms. The Hall–Kier alpha value is -2.52. The summed E-state index contributed by atoms with van der Waals surface area (Å²) in [4.78, 5) is 26.1. The molecular formula is C23H29BrClN5O3. The Kier molecular flexibility index (Phi) is 8.42. The summed E-state index contributed by atoms with van der Waals surface area (Å²) >= 11 is 9.71. The number of benzene rings is 1. The number of nitrogens with one attached hydrogen (secondary N) is 3. The first-order valence-corrected chi connectivity index (χ1v) is 12.1. The zero-order valence-corrected chi connectivity index (χ0v) is 20.9. The van der Waals surface area contributed by atoms with E-state index in [1.54, 1.807) is 17.0 Å². The molecule has 5 N–H and O–H groups in total. The number of halogens is 2. The standard InChI is InChI=1S/C23H29BrClN5O3/c1-3-18(31)30-9-6-13(7-10-30)16-5-8-28-23(29-16)19(22(27)32)21(26)14-11-15(25)20(24)17(12-14)33-4-2/h3,11-13,16,26,28-29H,1,4-10H2,2H3,(H2,27,32)/b23-19+,26-21?. The third kappa shape index (κ3) is 5.70. The summed E-state index contributed by atoms with van der Waals surface area (Å²) in [6.07, 6.45) is 3.92. The molecule has 2 heterocycles. The van der Waals surface area contributed by atoms with Crippen molar-refractivity contribution in [2.75, 3.05) is 26.2 Å². The number of hydrogen-bond acceptors (Lipinski definition) is 6. The average molecular weight is 539 g/mol. The third-order valence-electron chi connectivity index (χ3n) is 6.01. The van der Waals surface area contributed by atoms with Gasteiger partial charge in [-0.1, -0.05) is 18.2 Å². The molecule has 8 nitrogen and oxygen atoms in total. The fraction of sp³-hybridized carbons (Fsp3) is 0.435. The van der Waals surface area contributed by atoms with Gasteiger partial charge in [0.1, 0.15) is 17.1 Å². The molecule has 1 aromatic rings. The number of piperidine rings is 1. The van der Waals surface area contributed by atoms with Crippen molar-refractivity contribution in [1.82, 2.24) is 15.5 Å². The first-order valence-electron chi connectivity index (χ1n) is 10.9. The number of carbonyl (C=O) groups is 2. The molecule has 33 heavy (non-hydrogen) atoms. The molecule has 2 fully saturated rings. The molecule has 2 amide bonds. The number of nitrogens with zero attached hydrogens (tertiary/aromatic N) is 1. The van der Waals surface area contributed by atoms with Gasteiger partial charge in [-0.15, -0.1) is 0 Å². The topological polar surface area (TPSA) is 121 Å². The fourth-order valence-corrected chi connectivity index (χ4v) is 4.87. The molecular weight excluding hydrogens is 510 g/mol. The van der Waals surface area contributed by atoms with E-state index >= 15 is 0 Å². The number of ether oxygens (including phenoxy) is 1. The van der Waals surface area contributed by atoms with E-state index in [1.165, 1.54) is 6.08 Å². The van der Waals surface area contributed by atoms with Crippen molar-refractivity contribution in [3.8, 4) is 5.75 Å². The van der Waals surface area contributed by atoms with Crippen LogP contribution in [0.3, 0.4) is 0 Å². The van der Waals surface area contributed by atoms with Crippen molar-refractivity contribution < 1.29 is 14.3 Å². The van der Waals surface area contributed by atoms with Crippen molar-refractivity contribution in [1.29, 1.82) is 5.41 Å². The first kappa shape index (κ1) is 25.1. The van der Waals surface area contributed by atoms with Gasteiger partial charge in [-0.05, 0) is 66.2 Å². The molecule has 0 aliphatic carbocycles. The van der Waals surface area contributed by atoms with Gasteiger partial charge >= 0.3 is 0 Å². The lowest BCUT2D eigenvalue weighted by Gasteiger charge is -2.39. The number of amides is 2. The lowest BCUT2D eigenvalue weighted by molar-refractivity contribution is -0.127. The zero-order chi connectivity index (χ0) is 24.1. The molecule has 2 aliphatic rings. The monoisotopic (exact) mass is 537 g/mol. The van der Waals surface area contributed by atoms with Crippen LogP contribution in [0.4, 0.5) is 0 Å². The van der Waals surface area contributed by atoms with E-state index < -0.39 is 5.91 Å². The van der Waals surface area contributed by atoms with Crippen molar-refractivity contribution in [3.63, 3.8) is 0 Å². The van der Waals surface area contributed by atoms with Crippen molar-refractivity contribution in [2.45, 2.75) is 32.2 Å². The predicted molar refractivity (Wildman–Crippen MR) is 132 cm³/mol. The third-order valence-corrected chi connectivity index (χ3v) is 7.36. The lowest BCUT2D eigenvalue weighted by atomic mass is 9.86. The van der Waals surface area contributed by atoms with Gasteiger partial charge in [-0.2, -0.15) is 0 Å². The second-order valence-corrected chi connectivity index (χ2v) is 9.23. The molecule has 0 aromatic heterocycles. The van der Waals surface area contributed by atoms with Crippen LogP contribution in [-0.4, -0.2) is 54.7 Å². The van der Waals surface area contributed by atoms with E-state index in [2.05, 4.69) is 33.1 Å². The highest BCUT2D eigenvalue weighted by atomic mass is 79.9.